The molecule has 0 aliphatic carbocycles. The molecule has 5 heteroatoms. The lowest BCUT2D eigenvalue weighted by atomic mass is 10.1. The Morgan fingerprint density at radius 1 is 1.21 bits per heavy atom. The predicted octanol–water partition coefficient (Wildman–Crippen LogP) is 2.92. The minimum Gasteiger partial charge on any atom is -0.508 e. The van der Waals surface area contributed by atoms with E-state index in [0.29, 0.717) is 12.3 Å². The van der Waals surface area contributed by atoms with Crippen molar-refractivity contribution < 1.29 is 9.84 Å². The number of phenolic OH excluding ortho intramolecular Hbond substituents is 1. The minimum absolute atomic E-state index is 0.236. The van der Waals surface area contributed by atoms with Crippen LogP contribution in [0.4, 0.5) is 0 Å². The first-order chi connectivity index (χ1) is 11.5. The summed E-state index contributed by atoms with van der Waals surface area (Å²) in [5.74, 6) is 1.71. The van der Waals surface area contributed by atoms with E-state index in [1.54, 1.807) is 26.3 Å². The van der Waals surface area contributed by atoms with E-state index in [2.05, 4.69) is 41.5 Å². The van der Waals surface area contributed by atoms with Gasteiger partial charge < -0.3 is 20.1 Å². The summed E-state index contributed by atoms with van der Waals surface area (Å²) in [7, 11) is 5.35. The molecule has 0 amide bonds. The summed E-state index contributed by atoms with van der Waals surface area (Å²) in [6.07, 6.45) is 0. The summed E-state index contributed by atoms with van der Waals surface area (Å²) in [4.78, 5) is 6.35. The first kappa shape index (κ1) is 17.7. The Morgan fingerprint density at radius 3 is 2.54 bits per heavy atom. The molecule has 0 heterocycles. The molecule has 0 radical (unpaired) electrons. The fourth-order valence-corrected chi connectivity index (χ4v) is 2.43. The SMILES string of the molecule is CN=C(NCc1cc(OC)ccc1O)N(C)Cc1ccc(C)cc1. The lowest BCUT2D eigenvalue weighted by molar-refractivity contribution is 0.410. The van der Waals surface area contributed by atoms with E-state index in [1.165, 1.54) is 11.1 Å². The smallest absolute Gasteiger partial charge is 0.193 e. The van der Waals surface area contributed by atoms with Crippen LogP contribution in [0.2, 0.25) is 0 Å². The molecule has 24 heavy (non-hydrogen) atoms. The number of ether oxygens (including phenoxy) is 1. The standard InChI is InChI=1S/C19H25N3O2/c1-14-5-7-15(8-6-14)13-22(3)19(20-2)21-12-16-11-17(24-4)9-10-18(16)23/h5-11,23H,12-13H2,1-4H3,(H,20,21). The van der Waals surface area contributed by atoms with Crippen molar-refractivity contribution in [2.45, 2.75) is 20.0 Å². The Kier molecular flexibility index (Phi) is 6.07. The van der Waals surface area contributed by atoms with E-state index in [9.17, 15) is 5.11 Å². The van der Waals surface area contributed by atoms with Crippen molar-refractivity contribution in [3.8, 4) is 11.5 Å². The van der Waals surface area contributed by atoms with Crippen molar-refractivity contribution in [1.82, 2.24) is 10.2 Å². The van der Waals surface area contributed by atoms with Crippen LogP contribution in [-0.2, 0) is 13.1 Å². The van der Waals surface area contributed by atoms with Gasteiger partial charge >= 0.3 is 0 Å². The van der Waals surface area contributed by atoms with Gasteiger partial charge in [0.05, 0.1) is 7.11 Å². The number of hydrogen-bond acceptors (Lipinski definition) is 3. The number of hydrogen-bond donors (Lipinski definition) is 2. The van der Waals surface area contributed by atoms with Gasteiger partial charge in [-0.25, -0.2) is 0 Å². The van der Waals surface area contributed by atoms with E-state index < -0.39 is 0 Å². The van der Waals surface area contributed by atoms with Crippen molar-refractivity contribution in [2.24, 2.45) is 4.99 Å². The van der Waals surface area contributed by atoms with Crippen LogP contribution in [0.5, 0.6) is 11.5 Å². The molecule has 0 spiro atoms. The average Bonchev–Trinajstić information content (AvgIpc) is 2.59. The number of aromatic hydroxyl groups is 1. The molecule has 0 atom stereocenters. The Balaban J connectivity index is 2.00. The summed E-state index contributed by atoms with van der Waals surface area (Å²) >= 11 is 0. The van der Waals surface area contributed by atoms with Gasteiger partial charge in [-0.2, -0.15) is 0 Å². The van der Waals surface area contributed by atoms with Crippen LogP contribution in [0.1, 0.15) is 16.7 Å². The van der Waals surface area contributed by atoms with Crippen molar-refractivity contribution in [3.05, 3.63) is 59.2 Å². The molecule has 2 aromatic carbocycles. The third-order valence-corrected chi connectivity index (χ3v) is 3.84. The minimum atomic E-state index is 0.236. The van der Waals surface area contributed by atoms with Crippen LogP contribution in [0.25, 0.3) is 0 Å². The number of rotatable bonds is 5. The van der Waals surface area contributed by atoms with Crippen LogP contribution < -0.4 is 10.1 Å². The Bertz CT molecular complexity index is 696. The maximum Gasteiger partial charge on any atom is 0.193 e. The van der Waals surface area contributed by atoms with Crippen LogP contribution in [0.15, 0.2) is 47.5 Å². The van der Waals surface area contributed by atoms with Gasteiger partial charge in [0.1, 0.15) is 11.5 Å². The number of guanidine groups is 1. The molecule has 0 saturated heterocycles. The summed E-state index contributed by atoms with van der Waals surface area (Å²) < 4.78 is 5.20. The molecular formula is C19H25N3O2. The molecule has 0 unspecified atom stereocenters. The Hall–Kier alpha value is -2.69. The van der Waals surface area contributed by atoms with E-state index in [1.807, 2.05) is 18.0 Å². The van der Waals surface area contributed by atoms with Gasteiger partial charge in [-0.3, -0.25) is 4.99 Å². The number of phenols is 1. The third kappa shape index (κ3) is 4.65. The second-order valence-corrected chi connectivity index (χ2v) is 5.74. The Morgan fingerprint density at radius 2 is 1.92 bits per heavy atom. The quantitative estimate of drug-likeness (QED) is 0.655. The van der Waals surface area contributed by atoms with Gasteiger partial charge in [0.25, 0.3) is 0 Å². The van der Waals surface area contributed by atoms with E-state index in [0.717, 1.165) is 18.1 Å². The topological polar surface area (TPSA) is 57.1 Å². The Labute approximate surface area is 143 Å². The van der Waals surface area contributed by atoms with Crippen LogP contribution >= 0.6 is 0 Å². The summed E-state index contributed by atoms with van der Waals surface area (Å²) in [5, 5.41) is 13.2. The number of benzene rings is 2. The number of nitrogens with one attached hydrogen (secondary N) is 1. The highest BCUT2D eigenvalue weighted by molar-refractivity contribution is 5.79. The first-order valence-electron chi connectivity index (χ1n) is 7.86. The van der Waals surface area contributed by atoms with Crippen molar-refractivity contribution in [3.63, 3.8) is 0 Å². The number of aryl methyl sites for hydroxylation is 1. The zero-order valence-electron chi connectivity index (χ0n) is 14.7. The van der Waals surface area contributed by atoms with Gasteiger partial charge in [-0.05, 0) is 30.7 Å². The molecular weight excluding hydrogens is 302 g/mol. The number of methoxy groups -OCH3 is 1. The van der Waals surface area contributed by atoms with Crippen molar-refractivity contribution in [2.75, 3.05) is 21.2 Å². The average molecular weight is 327 g/mol. The molecule has 0 aliphatic rings. The molecule has 128 valence electrons. The van der Waals surface area contributed by atoms with Crippen LogP contribution in [0.3, 0.4) is 0 Å². The molecule has 0 saturated carbocycles. The molecule has 0 fully saturated rings. The second-order valence-electron chi connectivity index (χ2n) is 5.74. The highest BCUT2D eigenvalue weighted by Gasteiger charge is 2.09. The molecule has 0 bridgehead atoms. The van der Waals surface area contributed by atoms with Gasteiger partial charge in [-0.1, -0.05) is 29.8 Å². The summed E-state index contributed by atoms with van der Waals surface area (Å²) in [6, 6.07) is 13.6. The van der Waals surface area contributed by atoms with E-state index >= 15 is 0 Å². The summed E-state index contributed by atoms with van der Waals surface area (Å²) in [6.45, 7) is 3.30. The summed E-state index contributed by atoms with van der Waals surface area (Å²) in [5.41, 5.74) is 3.23. The maximum absolute atomic E-state index is 9.97. The van der Waals surface area contributed by atoms with Crippen molar-refractivity contribution >= 4 is 5.96 Å². The molecule has 0 aromatic heterocycles. The van der Waals surface area contributed by atoms with Gasteiger partial charge in [0.15, 0.2) is 5.96 Å². The predicted molar refractivity (Wildman–Crippen MR) is 97.5 cm³/mol. The maximum atomic E-state index is 9.97. The third-order valence-electron chi connectivity index (χ3n) is 3.84. The highest BCUT2D eigenvalue weighted by Crippen LogP contribution is 2.22. The molecule has 5 nitrogen and oxygen atoms in total. The van der Waals surface area contributed by atoms with Crippen molar-refractivity contribution in [1.29, 1.82) is 0 Å². The fourth-order valence-electron chi connectivity index (χ4n) is 2.43. The lowest BCUT2D eigenvalue weighted by Crippen LogP contribution is -2.38. The van der Waals surface area contributed by atoms with E-state index in [4.69, 9.17) is 4.74 Å². The molecule has 2 rings (SSSR count). The largest absolute Gasteiger partial charge is 0.508 e. The van der Waals surface area contributed by atoms with E-state index in [-0.39, 0.29) is 5.75 Å². The molecule has 2 N–H and O–H groups in total. The monoisotopic (exact) mass is 327 g/mol. The van der Waals surface area contributed by atoms with Gasteiger partial charge in [0, 0.05) is 32.7 Å². The van der Waals surface area contributed by atoms with Crippen LogP contribution in [-0.4, -0.2) is 37.2 Å². The molecule has 0 aliphatic heterocycles. The zero-order valence-corrected chi connectivity index (χ0v) is 14.7. The first-order valence-corrected chi connectivity index (χ1v) is 7.86. The molecule has 2 aromatic rings. The lowest BCUT2D eigenvalue weighted by Gasteiger charge is -2.22. The highest BCUT2D eigenvalue weighted by atomic mass is 16.5. The van der Waals surface area contributed by atoms with Crippen LogP contribution in [0, 0.1) is 6.92 Å². The number of aliphatic imine (C=N–C) groups is 1. The normalized spacial score (nSPS) is 11.2. The second kappa shape index (κ2) is 8.24. The zero-order chi connectivity index (χ0) is 17.5. The fraction of sp³-hybridized carbons (Fsp3) is 0.316. The van der Waals surface area contributed by atoms with Gasteiger partial charge in [0.2, 0.25) is 0 Å². The van der Waals surface area contributed by atoms with Gasteiger partial charge in [-0.15, -0.1) is 0 Å². The number of nitrogens with zero attached hydrogens (tertiary/aromatic N) is 2.